The predicted molar refractivity (Wildman–Crippen MR) is 72.1 cm³/mol. The van der Waals surface area contributed by atoms with Crippen LogP contribution in [0.2, 0.25) is 0 Å². The maximum atomic E-state index is 6.15. The summed E-state index contributed by atoms with van der Waals surface area (Å²) in [5, 5.41) is 7.03. The van der Waals surface area contributed by atoms with Crippen molar-refractivity contribution in [2.45, 2.75) is 6.04 Å². The predicted octanol–water partition coefficient (Wildman–Crippen LogP) is 1.91. The van der Waals surface area contributed by atoms with E-state index in [-0.39, 0.29) is 6.04 Å². The molecular weight excluding hydrogens is 238 g/mol. The van der Waals surface area contributed by atoms with Crippen molar-refractivity contribution >= 4 is 0 Å². The first-order valence-corrected chi connectivity index (χ1v) is 5.99. The van der Waals surface area contributed by atoms with E-state index < -0.39 is 0 Å². The van der Waals surface area contributed by atoms with Gasteiger partial charge in [-0.25, -0.2) is 4.98 Å². The first-order valence-electron chi connectivity index (χ1n) is 5.99. The summed E-state index contributed by atoms with van der Waals surface area (Å²) in [6.07, 6.45) is 1.71. The molecule has 2 aromatic heterocycles. The molecule has 3 N–H and O–H groups in total. The van der Waals surface area contributed by atoms with Crippen LogP contribution in [0.1, 0.15) is 17.4 Å². The van der Waals surface area contributed by atoms with Gasteiger partial charge in [0.05, 0.1) is 6.04 Å². The van der Waals surface area contributed by atoms with E-state index in [0.29, 0.717) is 11.6 Å². The van der Waals surface area contributed by atoms with Crippen molar-refractivity contribution in [2.75, 3.05) is 0 Å². The monoisotopic (exact) mass is 251 g/mol. The van der Waals surface area contributed by atoms with Crippen LogP contribution < -0.4 is 5.73 Å². The van der Waals surface area contributed by atoms with Crippen LogP contribution in [0.15, 0.2) is 54.7 Å². The molecule has 0 saturated heterocycles. The van der Waals surface area contributed by atoms with Crippen molar-refractivity contribution in [3.05, 3.63) is 66.1 Å². The lowest BCUT2D eigenvalue weighted by Gasteiger charge is -2.07. The van der Waals surface area contributed by atoms with E-state index >= 15 is 0 Å². The van der Waals surface area contributed by atoms with E-state index in [1.54, 1.807) is 6.20 Å². The van der Waals surface area contributed by atoms with Gasteiger partial charge in [0, 0.05) is 6.20 Å². The third kappa shape index (κ3) is 2.36. The molecular formula is C14H13N5. The standard InChI is InChI=1S/C14H13N5/c15-12(10-6-2-1-3-7-10)14-17-13(18-19-14)11-8-4-5-9-16-11/h1-9,12H,15H2,(H,17,18,19)/t12-/m1/s1. The van der Waals surface area contributed by atoms with Crippen LogP contribution in [0.4, 0.5) is 0 Å². The number of aromatic amines is 1. The molecule has 0 aliphatic carbocycles. The summed E-state index contributed by atoms with van der Waals surface area (Å²) in [6.45, 7) is 0. The zero-order valence-electron chi connectivity index (χ0n) is 10.2. The van der Waals surface area contributed by atoms with Crippen LogP contribution in [0.5, 0.6) is 0 Å². The molecule has 1 aromatic carbocycles. The molecule has 0 bridgehead atoms. The van der Waals surface area contributed by atoms with E-state index in [1.807, 2.05) is 48.5 Å². The van der Waals surface area contributed by atoms with Gasteiger partial charge in [-0.15, -0.1) is 0 Å². The molecule has 94 valence electrons. The maximum Gasteiger partial charge on any atom is 0.199 e. The SMILES string of the molecule is N[C@H](c1ccccc1)c1nc(-c2ccccn2)n[nH]1. The fourth-order valence-corrected chi connectivity index (χ4v) is 1.84. The second-order valence-corrected chi connectivity index (χ2v) is 4.15. The highest BCUT2D eigenvalue weighted by Gasteiger charge is 2.14. The summed E-state index contributed by atoms with van der Waals surface area (Å²) in [5.41, 5.74) is 7.87. The normalized spacial score (nSPS) is 12.3. The summed E-state index contributed by atoms with van der Waals surface area (Å²) in [4.78, 5) is 8.61. The molecule has 3 rings (SSSR count). The van der Waals surface area contributed by atoms with Crippen molar-refractivity contribution in [2.24, 2.45) is 5.73 Å². The van der Waals surface area contributed by atoms with Gasteiger partial charge >= 0.3 is 0 Å². The van der Waals surface area contributed by atoms with Crippen LogP contribution in [-0.2, 0) is 0 Å². The molecule has 0 aliphatic rings. The van der Waals surface area contributed by atoms with Gasteiger partial charge in [0.2, 0.25) is 0 Å². The Morgan fingerprint density at radius 1 is 1.00 bits per heavy atom. The molecule has 0 fully saturated rings. The first kappa shape index (κ1) is 11.6. The molecule has 3 aromatic rings. The average Bonchev–Trinajstić information content (AvgIpc) is 2.98. The maximum absolute atomic E-state index is 6.15. The first-order chi connectivity index (χ1) is 9.34. The number of benzene rings is 1. The number of nitrogens with two attached hydrogens (primary N) is 1. The fraction of sp³-hybridized carbons (Fsp3) is 0.0714. The number of H-pyrrole nitrogens is 1. The second-order valence-electron chi connectivity index (χ2n) is 4.15. The van der Waals surface area contributed by atoms with E-state index in [0.717, 1.165) is 11.3 Å². The summed E-state index contributed by atoms with van der Waals surface area (Å²) in [5.74, 6) is 1.19. The van der Waals surface area contributed by atoms with Crippen LogP contribution >= 0.6 is 0 Å². The van der Waals surface area contributed by atoms with Gasteiger partial charge in [-0.05, 0) is 17.7 Å². The van der Waals surface area contributed by atoms with E-state index in [2.05, 4.69) is 20.2 Å². The minimum absolute atomic E-state index is 0.314. The zero-order chi connectivity index (χ0) is 13.1. The van der Waals surface area contributed by atoms with Crippen molar-refractivity contribution in [3.63, 3.8) is 0 Å². The van der Waals surface area contributed by atoms with Crippen molar-refractivity contribution in [1.29, 1.82) is 0 Å². The minimum atomic E-state index is -0.314. The lowest BCUT2D eigenvalue weighted by molar-refractivity contribution is 0.787. The molecule has 2 heterocycles. The van der Waals surface area contributed by atoms with Crippen LogP contribution in [0.3, 0.4) is 0 Å². The van der Waals surface area contributed by atoms with Crippen molar-refractivity contribution in [1.82, 2.24) is 20.2 Å². The average molecular weight is 251 g/mol. The quantitative estimate of drug-likeness (QED) is 0.745. The van der Waals surface area contributed by atoms with Crippen LogP contribution in [-0.4, -0.2) is 20.2 Å². The third-order valence-corrected chi connectivity index (χ3v) is 2.85. The molecule has 0 spiro atoms. The molecule has 0 unspecified atom stereocenters. The number of hydrogen-bond acceptors (Lipinski definition) is 4. The van der Waals surface area contributed by atoms with Crippen molar-refractivity contribution in [3.8, 4) is 11.5 Å². The van der Waals surface area contributed by atoms with E-state index in [4.69, 9.17) is 5.73 Å². The summed E-state index contributed by atoms with van der Waals surface area (Å²) >= 11 is 0. The topological polar surface area (TPSA) is 80.5 Å². The lowest BCUT2D eigenvalue weighted by Crippen LogP contribution is -2.13. The number of aromatic nitrogens is 4. The minimum Gasteiger partial charge on any atom is -0.318 e. The van der Waals surface area contributed by atoms with Crippen LogP contribution in [0.25, 0.3) is 11.5 Å². The fourth-order valence-electron chi connectivity index (χ4n) is 1.84. The Hall–Kier alpha value is -2.53. The highest BCUT2D eigenvalue weighted by atomic mass is 15.2. The Morgan fingerprint density at radius 2 is 1.79 bits per heavy atom. The largest absolute Gasteiger partial charge is 0.318 e. The van der Waals surface area contributed by atoms with Crippen LogP contribution in [0, 0.1) is 0 Å². The molecule has 0 amide bonds. The molecule has 19 heavy (non-hydrogen) atoms. The number of nitrogens with one attached hydrogen (secondary N) is 1. The summed E-state index contributed by atoms with van der Waals surface area (Å²) < 4.78 is 0. The molecule has 5 nitrogen and oxygen atoms in total. The second kappa shape index (κ2) is 4.99. The lowest BCUT2D eigenvalue weighted by atomic mass is 10.1. The van der Waals surface area contributed by atoms with Gasteiger partial charge in [-0.2, -0.15) is 5.10 Å². The molecule has 5 heteroatoms. The Kier molecular flexibility index (Phi) is 3.04. The van der Waals surface area contributed by atoms with Gasteiger partial charge in [-0.3, -0.25) is 10.1 Å². The Labute approximate surface area is 110 Å². The Morgan fingerprint density at radius 3 is 2.53 bits per heavy atom. The number of hydrogen-bond donors (Lipinski definition) is 2. The number of nitrogens with zero attached hydrogens (tertiary/aromatic N) is 3. The molecule has 1 atom stereocenters. The number of pyridine rings is 1. The smallest absolute Gasteiger partial charge is 0.199 e. The Balaban J connectivity index is 1.90. The van der Waals surface area contributed by atoms with Gasteiger partial charge in [-0.1, -0.05) is 36.4 Å². The Bertz CT molecular complexity index is 648. The highest BCUT2D eigenvalue weighted by Crippen LogP contribution is 2.18. The third-order valence-electron chi connectivity index (χ3n) is 2.85. The van der Waals surface area contributed by atoms with E-state index in [1.165, 1.54) is 0 Å². The van der Waals surface area contributed by atoms with Gasteiger partial charge in [0.1, 0.15) is 11.5 Å². The van der Waals surface area contributed by atoms with Gasteiger partial charge in [0.25, 0.3) is 0 Å². The zero-order valence-corrected chi connectivity index (χ0v) is 10.2. The number of rotatable bonds is 3. The summed E-state index contributed by atoms with van der Waals surface area (Å²) in [6, 6.07) is 15.1. The van der Waals surface area contributed by atoms with Gasteiger partial charge in [0.15, 0.2) is 5.82 Å². The molecule has 0 radical (unpaired) electrons. The molecule has 0 saturated carbocycles. The van der Waals surface area contributed by atoms with Crippen molar-refractivity contribution < 1.29 is 0 Å². The highest BCUT2D eigenvalue weighted by molar-refractivity contribution is 5.47. The van der Waals surface area contributed by atoms with E-state index in [9.17, 15) is 0 Å². The van der Waals surface area contributed by atoms with Gasteiger partial charge < -0.3 is 5.73 Å². The molecule has 0 aliphatic heterocycles. The summed E-state index contributed by atoms with van der Waals surface area (Å²) in [7, 11) is 0.